The molecule has 0 aliphatic rings. The Morgan fingerprint density at radius 1 is 1.06 bits per heavy atom. The molecule has 18 heavy (non-hydrogen) atoms. The molecule has 0 aliphatic heterocycles. The van der Waals surface area contributed by atoms with Crippen molar-refractivity contribution in [2.45, 2.75) is 13.5 Å². The number of hydrogen-bond donors (Lipinski definition) is 1. The second kappa shape index (κ2) is 5.61. The van der Waals surface area contributed by atoms with E-state index >= 15 is 0 Å². The highest BCUT2D eigenvalue weighted by Crippen LogP contribution is 2.33. The quantitative estimate of drug-likeness (QED) is 0.893. The van der Waals surface area contributed by atoms with Crippen LogP contribution in [0.2, 0.25) is 10.0 Å². The molecular weight excluding hydrogens is 271 g/mol. The van der Waals surface area contributed by atoms with E-state index in [1.807, 2.05) is 19.1 Å². The fourth-order valence-corrected chi connectivity index (χ4v) is 1.93. The van der Waals surface area contributed by atoms with Gasteiger partial charge in [-0.05, 0) is 42.8 Å². The van der Waals surface area contributed by atoms with E-state index in [9.17, 15) is 5.11 Å². The van der Waals surface area contributed by atoms with E-state index in [-0.39, 0.29) is 6.61 Å². The standard InChI is InChI=1S/C14H12Cl2O2/c1-9-2-4-12(16)14(6-9)18-13-5-3-11(15)7-10(13)8-17/h2-7,17H,8H2,1H3. The van der Waals surface area contributed by atoms with Crippen LogP contribution in [0.1, 0.15) is 11.1 Å². The van der Waals surface area contributed by atoms with Gasteiger partial charge in [0.25, 0.3) is 0 Å². The van der Waals surface area contributed by atoms with Crippen LogP contribution in [-0.4, -0.2) is 5.11 Å². The van der Waals surface area contributed by atoms with Gasteiger partial charge in [0.15, 0.2) is 0 Å². The zero-order valence-corrected chi connectivity index (χ0v) is 11.3. The van der Waals surface area contributed by atoms with Gasteiger partial charge in [-0.1, -0.05) is 29.3 Å². The second-order valence-electron chi connectivity index (χ2n) is 3.95. The minimum Gasteiger partial charge on any atom is -0.455 e. The van der Waals surface area contributed by atoms with Crippen molar-refractivity contribution >= 4 is 23.2 Å². The molecule has 0 atom stereocenters. The van der Waals surface area contributed by atoms with Gasteiger partial charge in [0.05, 0.1) is 11.6 Å². The molecular formula is C14H12Cl2O2. The van der Waals surface area contributed by atoms with E-state index in [4.69, 9.17) is 27.9 Å². The Hall–Kier alpha value is -1.22. The predicted molar refractivity (Wildman–Crippen MR) is 73.6 cm³/mol. The molecule has 0 heterocycles. The fraction of sp³-hybridized carbons (Fsp3) is 0.143. The van der Waals surface area contributed by atoms with Gasteiger partial charge >= 0.3 is 0 Å². The third kappa shape index (κ3) is 2.96. The van der Waals surface area contributed by atoms with E-state index in [1.54, 1.807) is 24.3 Å². The van der Waals surface area contributed by atoms with Crippen LogP contribution >= 0.6 is 23.2 Å². The summed E-state index contributed by atoms with van der Waals surface area (Å²) in [6.07, 6.45) is 0. The van der Waals surface area contributed by atoms with Crippen LogP contribution in [0.5, 0.6) is 11.5 Å². The summed E-state index contributed by atoms with van der Waals surface area (Å²) in [5.74, 6) is 1.11. The third-order valence-corrected chi connectivity index (χ3v) is 3.05. The van der Waals surface area contributed by atoms with E-state index < -0.39 is 0 Å². The molecule has 0 saturated carbocycles. The fourth-order valence-electron chi connectivity index (χ4n) is 1.58. The van der Waals surface area contributed by atoms with Gasteiger partial charge < -0.3 is 9.84 Å². The zero-order chi connectivity index (χ0) is 13.1. The van der Waals surface area contributed by atoms with Crippen molar-refractivity contribution in [3.63, 3.8) is 0 Å². The minimum atomic E-state index is -0.140. The average Bonchev–Trinajstić information content (AvgIpc) is 2.36. The number of aryl methyl sites for hydroxylation is 1. The smallest absolute Gasteiger partial charge is 0.146 e. The number of hydrogen-bond acceptors (Lipinski definition) is 2. The Labute approximate surface area is 116 Å². The first-order valence-corrected chi connectivity index (χ1v) is 6.19. The van der Waals surface area contributed by atoms with Crippen LogP contribution in [-0.2, 0) is 6.61 Å². The van der Waals surface area contributed by atoms with Gasteiger partial charge in [0.1, 0.15) is 11.5 Å². The van der Waals surface area contributed by atoms with Crippen molar-refractivity contribution in [2.75, 3.05) is 0 Å². The molecule has 2 aromatic rings. The number of benzene rings is 2. The third-order valence-electron chi connectivity index (χ3n) is 2.50. The Morgan fingerprint density at radius 2 is 1.83 bits per heavy atom. The number of aliphatic hydroxyl groups is 1. The van der Waals surface area contributed by atoms with E-state index in [0.717, 1.165) is 5.56 Å². The summed E-state index contributed by atoms with van der Waals surface area (Å²) in [5, 5.41) is 10.4. The van der Waals surface area contributed by atoms with Gasteiger partial charge in [0.2, 0.25) is 0 Å². The van der Waals surface area contributed by atoms with Crippen molar-refractivity contribution < 1.29 is 9.84 Å². The Bertz CT molecular complexity index is 568. The molecule has 1 N–H and O–H groups in total. The number of ether oxygens (including phenoxy) is 1. The molecule has 4 heteroatoms. The molecule has 2 nitrogen and oxygen atoms in total. The first-order valence-electron chi connectivity index (χ1n) is 5.43. The lowest BCUT2D eigenvalue weighted by Gasteiger charge is -2.11. The first kappa shape index (κ1) is 13.2. The van der Waals surface area contributed by atoms with E-state index in [2.05, 4.69) is 0 Å². The van der Waals surface area contributed by atoms with Crippen molar-refractivity contribution in [2.24, 2.45) is 0 Å². The molecule has 94 valence electrons. The second-order valence-corrected chi connectivity index (χ2v) is 4.79. The predicted octanol–water partition coefficient (Wildman–Crippen LogP) is 4.59. The highest BCUT2D eigenvalue weighted by molar-refractivity contribution is 6.32. The Morgan fingerprint density at radius 3 is 2.56 bits per heavy atom. The summed E-state index contributed by atoms with van der Waals surface area (Å²) >= 11 is 11.9. The van der Waals surface area contributed by atoms with Gasteiger partial charge in [-0.25, -0.2) is 0 Å². The van der Waals surface area contributed by atoms with Gasteiger partial charge in [-0.2, -0.15) is 0 Å². The highest BCUT2D eigenvalue weighted by Gasteiger charge is 2.08. The summed E-state index contributed by atoms with van der Waals surface area (Å²) in [6, 6.07) is 10.6. The van der Waals surface area contributed by atoms with Crippen LogP contribution in [0.25, 0.3) is 0 Å². The summed E-state index contributed by atoms with van der Waals surface area (Å²) in [4.78, 5) is 0. The monoisotopic (exact) mass is 282 g/mol. The number of rotatable bonds is 3. The number of halogens is 2. The molecule has 0 spiro atoms. The summed E-state index contributed by atoms with van der Waals surface area (Å²) in [6.45, 7) is 1.82. The summed E-state index contributed by atoms with van der Waals surface area (Å²) in [5.41, 5.74) is 1.67. The molecule has 0 amide bonds. The first-order chi connectivity index (χ1) is 8.60. The molecule has 0 radical (unpaired) electrons. The Balaban J connectivity index is 2.36. The summed E-state index contributed by atoms with van der Waals surface area (Å²) in [7, 11) is 0. The Kier molecular flexibility index (Phi) is 4.12. The maximum atomic E-state index is 9.27. The molecule has 2 rings (SSSR count). The molecule has 0 aliphatic carbocycles. The molecule has 0 unspecified atom stereocenters. The molecule has 0 bridgehead atoms. The van der Waals surface area contributed by atoms with Gasteiger partial charge in [0, 0.05) is 10.6 Å². The molecule has 0 saturated heterocycles. The molecule has 0 aromatic heterocycles. The minimum absolute atomic E-state index is 0.140. The summed E-state index contributed by atoms with van der Waals surface area (Å²) < 4.78 is 5.72. The van der Waals surface area contributed by atoms with Crippen LogP contribution in [0.15, 0.2) is 36.4 Å². The highest BCUT2D eigenvalue weighted by atomic mass is 35.5. The lowest BCUT2D eigenvalue weighted by atomic mass is 10.2. The van der Waals surface area contributed by atoms with Crippen molar-refractivity contribution in [3.05, 3.63) is 57.6 Å². The van der Waals surface area contributed by atoms with Gasteiger partial charge in [-0.15, -0.1) is 0 Å². The van der Waals surface area contributed by atoms with Crippen molar-refractivity contribution in [3.8, 4) is 11.5 Å². The van der Waals surface area contributed by atoms with Crippen LogP contribution in [0, 0.1) is 6.92 Å². The molecule has 2 aromatic carbocycles. The lowest BCUT2D eigenvalue weighted by Crippen LogP contribution is -1.92. The maximum Gasteiger partial charge on any atom is 0.146 e. The average molecular weight is 283 g/mol. The largest absolute Gasteiger partial charge is 0.455 e. The van der Waals surface area contributed by atoms with E-state index in [0.29, 0.717) is 27.1 Å². The van der Waals surface area contributed by atoms with Crippen molar-refractivity contribution in [1.29, 1.82) is 0 Å². The maximum absolute atomic E-state index is 9.27. The molecule has 0 fully saturated rings. The zero-order valence-electron chi connectivity index (χ0n) is 9.78. The van der Waals surface area contributed by atoms with Crippen LogP contribution in [0.4, 0.5) is 0 Å². The van der Waals surface area contributed by atoms with Crippen LogP contribution < -0.4 is 4.74 Å². The lowest BCUT2D eigenvalue weighted by molar-refractivity contribution is 0.276. The van der Waals surface area contributed by atoms with Crippen LogP contribution in [0.3, 0.4) is 0 Å². The number of aliphatic hydroxyl groups excluding tert-OH is 1. The topological polar surface area (TPSA) is 29.5 Å². The normalized spacial score (nSPS) is 10.4. The van der Waals surface area contributed by atoms with Gasteiger partial charge in [-0.3, -0.25) is 0 Å². The SMILES string of the molecule is Cc1ccc(Cl)c(Oc2ccc(Cl)cc2CO)c1. The van der Waals surface area contributed by atoms with Crippen molar-refractivity contribution in [1.82, 2.24) is 0 Å². The van der Waals surface area contributed by atoms with E-state index in [1.165, 1.54) is 0 Å².